The lowest BCUT2D eigenvalue weighted by Gasteiger charge is -2.35. The molecule has 0 unspecified atom stereocenters. The van der Waals surface area contributed by atoms with Crippen molar-refractivity contribution in [3.63, 3.8) is 0 Å². The van der Waals surface area contributed by atoms with E-state index in [4.69, 9.17) is 11.6 Å². The van der Waals surface area contributed by atoms with Gasteiger partial charge in [0.15, 0.2) is 0 Å². The molecule has 1 aliphatic rings. The Balaban J connectivity index is 1.51. The highest BCUT2D eigenvalue weighted by Crippen LogP contribution is 2.21. The summed E-state index contributed by atoms with van der Waals surface area (Å²) in [5, 5.41) is 5.10. The van der Waals surface area contributed by atoms with E-state index >= 15 is 0 Å². The lowest BCUT2D eigenvalue weighted by Crippen LogP contribution is -2.49. The van der Waals surface area contributed by atoms with E-state index in [2.05, 4.69) is 20.0 Å². The molecule has 0 spiro atoms. The van der Waals surface area contributed by atoms with E-state index in [1.165, 1.54) is 0 Å². The van der Waals surface area contributed by atoms with Crippen LogP contribution in [-0.2, 0) is 6.42 Å². The molecular formula is C20H21ClN6O. The quantitative estimate of drug-likeness (QED) is 0.678. The highest BCUT2D eigenvalue weighted by atomic mass is 35.5. The smallest absolute Gasteiger partial charge is 0.257 e. The van der Waals surface area contributed by atoms with Crippen LogP contribution >= 0.6 is 11.6 Å². The predicted octanol–water partition coefficient (Wildman–Crippen LogP) is 2.84. The number of hydrogen-bond donors (Lipinski definition) is 0. The number of hydrogen-bond acceptors (Lipinski definition) is 5. The summed E-state index contributed by atoms with van der Waals surface area (Å²) in [6, 6.07) is 7.49. The summed E-state index contributed by atoms with van der Waals surface area (Å²) in [6.07, 6.45) is 7.46. The Labute approximate surface area is 168 Å². The summed E-state index contributed by atoms with van der Waals surface area (Å²) in [5.41, 5.74) is 2.40. The van der Waals surface area contributed by atoms with E-state index in [9.17, 15) is 4.79 Å². The van der Waals surface area contributed by atoms with E-state index in [1.54, 1.807) is 29.5 Å². The van der Waals surface area contributed by atoms with Crippen LogP contribution in [0.3, 0.4) is 0 Å². The molecule has 1 amide bonds. The summed E-state index contributed by atoms with van der Waals surface area (Å²) >= 11 is 6.12. The van der Waals surface area contributed by atoms with Crippen LogP contribution < -0.4 is 4.90 Å². The molecule has 0 radical (unpaired) electrons. The van der Waals surface area contributed by atoms with Crippen LogP contribution in [0.1, 0.15) is 23.0 Å². The van der Waals surface area contributed by atoms with Gasteiger partial charge in [0, 0.05) is 43.6 Å². The maximum atomic E-state index is 13.1. The topological polar surface area (TPSA) is 67.2 Å². The molecule has 1 saturated heterocycles. The average Bonchev–Trinajstić information content (AvgIpc) is 3.18. The minimum absolute atomic E-state index is 0.0175. The molecule has 1 aliphatic heterocycles. The maximum absolute atomic E-state index is 13.1. The second kappa shape index (κ2) is 7.98. The lowest BCUT2D eigenvalue weighted by molar-refractivity contribution is 0.0745. The van der Waals surface area contributed by atoms with E-state index in [1.807, 2.05) is 36.1 Å². The molecule has 0 saturated carbocycles. The van der Waals surface area contributed by atoms with Crippen LogP contribution in [-0.4, -0.2) is 56.7 Å². The molecule has 4 rings (SSSR count). The van der Waals surface area contributed by atoms with Crippen LogP contribution in [0.5, 0.6) is 0 Å². The molecule has 7 nitrogen and oxygen atoms in total. The minimum atomic E-state index is 0.0175. The molecule has 3 heterocycles. The fourth-order valence-electron chi connectivity index (χ4n) is 3.49. The molecule has 1 fully saturated rings. The fraction of sp³-hybridized carbons (Fsp3) is 0.300. The number of rotatable bonds is 4. The van der Waals surface area contributed by atoms with E-state index < -0.39 is 0 Å². The van der Waals surface area contributed by atoms with Crippen molar-refractivity contribution in [2.45, 2.75) is 13.3 Å². The van der Waals surface area contributed by atoms with Crippen molar-refractivity contribution >= 4 is 23.3 Å². The standard InChI is InChI=1S/C20H21ClN6O/c1-2-18-17(13-24-27(18)16-5-3-4-15(21)12-16)20(28)26-10-8-25(9-11-26)19-14-22-6-7-23-19/h3-7,12-14H,2,8-11H2,1H3. The molecule has 0 N–H and O–H groups in total. The van der Waals surface area contributed by atoms with Crippen molar-refractivity contribution in [2.75, 3.05) is 31.1 Å². The summed E-state index contributed by atoms with van der Waals surface area (Å²) in [6.45, 7) is 4.77. The van der Waals surface area contributed by atoms with Crippen LogP contribution in [0.4, 0.5) is 5.82 Å². The van der Waals surface area contributed by atoms with Crippen molar-refractivity contribution in [2.24, 2.45) is 0 Å². The summed E-state index contributed by atoms with van der Waals surface area (Å²) < 4.78 is 1.80. The van der Waals surface area contributed by atoms with Gasteiger partial charge in [-0.05, 0) is 24.6 Å². The summed E-state index contributed by atoms with van der Waals surface area (Å²) in [5.74, 6) is 0.863. The maximum Gasteiger partial charge on any atom is 0.257 e. The largest absolute Gasteiger partial charge is 0.352 e. The molecule has 0 aliphatic carbocycles. The zero-order valence-electron chi connectivity index (χ0n) is 15.6. The molecule has 144 valence electrons. The molecule has 3 aromatic rings. The van der Waals surface area contributed by atoms with Gasteiger partial charge >= 0.3 is 0 Å². The minimum Gasteiger partial charge on any atom is -0.352 e. The Bertz CT molecular complexity index is 966. The second-order valence-electron chi connectivity index (χ2n) is 6.59. The first-order valence-electron chi connectivity index (χ1n) is 9.30. The number of carbonyl (C=O) groups is 1. The highest BCUT2D eigenvalue weighted by molar-refractivity contribution is 6.30. The number of piperazine rings is 1. The van der Waals surface area contributed by atoms with Crippen LogP contribution in [0, 0.1) is 0 Å². The Morgan fingerprint density at radius 1 is 1.14 bits per heavy atom. The Hall–Kier alpha value is -2.93. The first kappa shape index (κ1) is 18.4. The number of aromatic nitrogens is 4. The van der Waals surface area contributed by atoms with Gasteiger partial charge in [0.05, 0.1) is 29.3 Å². The number of benzene rings is 1. The van der Waals surface area contributed by atoms with E-state index in [0.29, 0.717) is 30.1 Å². The van der Waals surface area contributed by atoms with Gasteiger partial charge in [-0.25, -0.2) is 9.67 Å². The van der Waals surface area contributed by atoms with Gasteiger partial charge in [0.2, 0.25) is 0 Å². The van der Waals surface area contributed by atoms with Gasteiger partial charge in [0.1, 0.15) is 5.82 Å². The number of nitrogens with zero attached hydrogens (tertiary/aromatic N) is 6. The third-order valence-electron chi connectivity index (χ3n) is 4.93. The van der Waals surface area contributed by atoms with Crippen molar-refractivity contribution in [3.8, 4) is 5.69 Å². The van der Waals surface area contributed by atoms with Crippen LogP contribution in [0.15, 0.2) is 49.1 Å². The zero-order chi connectivity index (χ0) is 19.5. The number of halogens is 1. The van der Waals surface area contributed by atoms with Gasteiger partial charge in [0.25, 0.3) is 5.91 Å². The zero-order valence-corrected chi connectivity index (χ0v) is 16.4. The van der Waals surface area contributed by atoms with Crippen molar-refractivity contribution < 1.29 is 4.79 Å². The molecule has 8 heteroatoms. The molecule has 0 atom stereocenters. The van der Waals surface area contributed by atoms with Crippen molar-refractivity contribution in [1.29, 1.82) is 0 Å². The predicted molar refractivity (Wildman–Crippen MR) is 108 cm³/mol. The van der Waals surface area contributed by atoms with Gasteiger partial charge < -0.3 is 9.80 Å². The Morgan fingerprint density at radius 3 is 2.64 bits per heavy atom. The first-order chi connectivity index (χ1) is 13.7. The van der Waals surface area contributed by atoms with Gasteiger partial charge in [-0.3, -0.25) is 9.78 Å². The highest BCUT2D eigenvalue weighted by Gasteiger charge is 2.26. The number of amides is 1. The van der Waals surface area contributed by atoms with Crippen LogP contribution in [0.2, 0.25) is 5.02 Å². The SMILES string of the molecule is CCc1c(C(=O)N2CCN(c3cnccn3)CC2)cnn1-c1cccc(Cl)c1. The third-order valence-corrected chi connectivity index (χ3v) is 5.16. The molecule has 1 aromatic carbocycles. The second-order valence-corrected chi connectivity index (χ2v) is 7.03. The Kier molecular flexibility index (Phi) is 5.25. The van der Waals surface area contributed by atoms with Gasteiger partial charge in [-0.2, -0.15) is 5.10 Å². The van der Waals surface area contributed by atoms with E-state index in [-0.39, 0.29) is 5.91 Å². The normalized spacial score (nSPS) is 14.4. The molecule has 2 aromatic heterocycles. The lowest BCUT2D eigenvalue weighted by atomic mass is 10.1. The fourth-order valence-corrected chi connectivity index (χ4v) is 3.67. The van der Waals surface area contributed by atoms with Crippen molar-refractivity contribution in [1.82, 2.24) is 24.6 Å². The third kappa shape index (κ3) is 3.57. The summed E-state index contributed by atoms with van der Waals surface area (Å²) in [4.78, 5) is 25.6. The monoisotopic (exact) mass is 396 g/mol. The average molecular weight is 397 g/mol. The van der Waals surface area contributed by atoms with Gasteiger partial charge in [-0.15, -0.1) is 0 Å². The summed E-state index contributed by atoms with van der Waals surface area (Å²) in [7, 11) is 0. The van der Waals surface area contributed by atoms with E-state index in [0.717, 1.165) is 30.3 Å². The van der Waals surface area contributed by atoms with Gasteiger partial charge in [-0.1, -0.05) is 24.6 Å². The molecule has 0 bridgehead atoms. The molecule has 28 heavy (non-hydrogen) atoms. The number of anilines is 1. The van der Waals surface area contributed by atoms with Crippen LogP contribution in [0.25, 0.3) is 5.69 Å². The Morgan fingerprint density at radius 2 is 1.96 bits per heavy atom. The first-order valence-corrected chi connectivity index (χ1v) is 9.68. The number of carbonyl (C=O) groups excluding carboxylic acids is 1. The molecular weight excluding hydrogens is 376 g/mol. The van der Waals surface area contributed by atoms with Crippen molar-refractivity contribution in [3.05, 3.63) is 65.3 Å².